The van der Waals surface area contributed by atoms with Crippen molar-refractivity contribution in [2.24, 2.45) is 0 Å². The second-order valence-electron chi connectivity index (χ2n) is 2.71. The molecule has 0 radical (unpaired) electrons. The monoisotopic (exact) mass is 184 g/mol. The Balaban J connectivity index is 2.29. The Morgan fingerprint density at radius 1 is 1.58 bits per heavy atom. The van der Waals surface area contributed by atoms with Crippen molar-refractivity contribution in [3.63, 3.8) is 0 Å². The van der Waals surface area contributed by atoms with Gasteiger partial charge in [-0.2, -0.15) is 0 Å². The molecular formula is C7H8N2O2S. The molecule has 0 bridgehead atoms. The third-order valence-corrected chi connectivity index (χ3v) is 2.93. The molecule has 1 aliphatic heterocycles. The van der Waals surface area contributed by atoms with Gasteiger partial charge in [0.15, 0.2) is 5.00 Å². The van der Waals surface area contributed by atoms with Gasteiger partial charge in [-0.15, -0.1) is 11.3 Å². The van der Waals surface area contributed by atoms with Crippen LogP contribution in [0.2, 0.25) is 0 Å². The Kier molecular flexibility index (Phi) is 1.73. The summed E-state index contributed by atoms with van der Waals surface area (Å²) >= 11 is 1.45. The average Bonchev–Trinajstić information content (AvgIpc) is 2.31. The zero-order valence-corrected chi connectivity index (χ0v) is 7.21. The third kappa shape index (κ3) is 1.06. The van der Waals surface area contributed by atoms with Gasteiger partial charge in [-0.25, -0.2) is 0 Å². The molecule has 1 aliphatic rings. The Morgan fingerprint density at radius 2 is 2.33 bits per heavy atom. The average molecular weight is 184 g/mol. The second-order valence-corrected chi connectivity index (χ2v) is 3.60. The first-order valence-corrected chi connectivity index (χ1v) is 4.64. The summed E-state index contributed by atoms with van der Waals surface area (Å²) in [4.78, 5) is 12.2. The summed E-state index contributed by atoms with van der Waals surface area (Å²) in [6, 6.07) is 1.57. The molecule has 0 aromatic carbocycles. The Morgan fingerprint density at radius 3 is 2.83 bits per heavy atom. The molecule has 1 aromatic heterocycles. The minimum Gasteiger partial charge on any atom is -0.358 e. The molecule has 1 saturated heterocycles. The van der Waals surface area contributed by atoms with E-state index < -0.39 is 0 Å². The fourth-order valence-electron chi connectivity index (χ4n) is 1.19. The van der Waals surface area contributed by atoms with E-state index in [1.165, 1.54) is 11.3 Å². The molecule has 1 fully saturated rings. The standard InChI is InChI=1S/C7H8N2O2S/c10-9(11)6-2-5-12-7(6)8-3-1-4-8/h2,5H,1,3-4H2. The van der Waals surface area contributed by atoms with Crippen molar-refractivity contribution in [1.29, 1.82) is 0 Å². The molecule has 4 nitrogen and oxygen atoms in total. The van der Waals surface area contributed by atoms with Crippen LogP contribution in [0.15, 0.2) is 11.4 Å². The molecule has 5 heteroatoms. The van der Waals surface area contributed by atoms with Crippen molar-refractivity contribution in [1.82, 2.24) is 0 Å². The first-order chi connectivity index (χ1) is 5.79. The molecule has 12 heavy (non-hydrogen) atoms. The summed E-state index contributed by atoms with van der Waals surface area (Å²) in [5, 5.41) is 13.1. The molecule has 0 atom stereocenters. The molecule has 0 unspecified atom stereocenters. The Bertz CT molecular complexity index is 306. The zero-order chi connectivity index (χ0) is 8.55. The number of rotatable bonds is 2. The van der Waals surface area contributed by atoms with E-state index in [0.717, 1.165) is 24.5 Å². The maximum absolute atomic E-state index is 10.5. The van der Waals surface area contributed by atoms with Gasteiger partial charge in [-0.3, -0.25) is 10.1 Å². The van der Waals surface area contributed by atoms with Crippen LogP contribution in [0.4, 0.5) is 10.7 Å². The molecule has 2 heterocycles. The van der Waals surface area contributed by atoms with Gasteiger partial charge in [0.2, 0.25) is 0 Å². The SMILES string of the molecule is O=[N+]([O-])c1ccsc1N1CCC1. The van der Waals surface area contributed by atoms with E-state index >= 15 is 0 Å². The van der Waals surface area contributed by atoms with Crippen molar-refractivity contribution < 1.29 is 4.92 Å². The highest BCUT2D eigenvalue weighted by molar-refractivity contribution is 7.14. The van der Waals surface area contributed by atoms with Gasteiger partial charge in [0, 0.05) is 19.2 Å². The van der Waals surface area contributed by atoms with Crippen molar-refractivity contribution in [2.45, 2.75) is 6.42 Å². The van der Waals surface area contributed by atoms with E-state index in [1.54, 1.807) is 11.4 Å². The minimum absolute atomic E-state index is 0.250. The smallest absolute Gasteiger partial charge is 0.303 e. The van der Waals surface area contributed by atoms with Crippen molar-refractivity contribution in [3.8, 4) is 0 Å². The van der Waals surface area contributed by atoms with E-state index in [9.17, 15) is 10.1 Å². The van der Waals surface area contributed by atoms with Crippen LogP contribution in [0.5, 0.6) is 0 Å². The fraction of sp³-hybridized carbons (Fsp3) is 0.429. The van der Waals surface area contributed by atoms with Gasteiger partial charge in [-0.05, 0) is 11.8 Å². The molecule has 1 aromatic rings. The molecule has 0 spiro atoms. The summed E-state index contributed by atoms with van der Waals surface area (Å²) < 4.78 is 0. The van der Waals surface area contributed by atoms with Gasteiger partial charge in [0.05, 0.1) is 4.92 Å². The van der Waals surface area contributed by atoms with E-state index in [2.05, 4.69) is 0 Å². The van der Waals surface area contributed by atoms with Crippen LogP contribution in [0, 0.1) is 10.1 Å². The topological polar surface area (TPSA) is 46.4 Å². The number of hydrogen-bond acceptors (Lipinski definition) is 4. The maximum atomic E-state index is 10.5. The summed E-state index contributed by atoms with van der Waals surface area (Å²) in [6.07, 6.45) is 1.15. The first-order valence-electron chi connectivity index (χ1n) is 3.76. The van der Waals surface area contributed by atoms with E-state index in [4.69, 9.17) is 0 Å². The highest BCUT2D eigenvalue weighted by Crippen LogP contribution is 2.36. The predicted octanol–water partition coefficient (Wildman–Crippen LogP) is 1.87. The quantitative estimate of drug-likeness (QED) is 0.520. The molecule has 2 rings (SSSR count). The van der Waals surface area contributed by atoms with E-state index in [-0.39, 0.29) is 10.6 Å². The largest absolute Gasteiger partial charge is 0.358 e. The summed E-state index contributed by atoms with van der Waals surface area (Å²) in [6.45, 7) is 1.92. The first kappa shape index (κ1) is 7.54. The van der Waals surface area contributed by atoms with Gasteiger partial charge in [-0.1, -0.05) is 0 Å². The van der Waals surface area contributed by atoms with Crippen LogP contribution in [0.25, 0.3) is 0 Å². The predicted molar refractivity (Wildman–Crippen MR) is 47.8 cm³/mol. The third-order valence-electron chi connectivity index (χ3n) is 1.96. The number of nitrogens with zero attached hydrogens (tertiary/aromatic N) is 2. The van der Waals surface area contributed by atoms with Gasteiger partial charge >= 0.3 is 5.69 Å². The molecular weight excluding hydrogens is 176 g/mol. The second kappa shape index (κ2) is 2.75. The van der Waals surface area contributed by atoms with Crippen LogP contribution in [0.3, 0.4) is 0 Å². The normalized spacial score (nSPS) is 15.8. The Hall–Kier alpha value is -1.10. The molecule has 64 valence electrons. The number of anilines is 1. The number of thiophene rings is 1. The van der Waals surface area contributed by atoms with Crippen LogP contribution in [-0.4, -0.2) is 18.0 Å². The van der Waals surface area contributed by atoms with Crippen LogP contribution in [0.1, 0.15) is 6.42 Å². The lowest BCUT2D eigenvalue weighted by atomic mass is 10.2. The molecule has 0 aliphatic carbocycles. The zero-order valence-electron chi connectivity index (χ0n) is 6.40. The molecule has 0 N–H and O–H groups in total. The van der Waals surface area contributed by atoms with Gasteiger partial charge in [0.25, 0.3) is 0 Å². The van der Waals surface area contributed by atoms with Crippen LogP contribution >= 0.6 is 11.3 Å². The molecule has 0 saturated carbocycles. The van der Waals surface area contributed by atoms with Crippen LogP contribution in [-0.2, 0) is 0 Å². The summed E-state index contributed by atoms with van der Waals surface area (Å²) in [5.74, 6) is 0. The highest BCUT2D eigenvalue weighted by Gasteiger charge is 2.24. The maximum Gasteiger partial charge on any atom is 0.303 e. The van der Waals surface area contributed by atoms with Crippen molar-refractivity contribution in [2.75, 3.05) is 18.0 Å². The number of hydrogen-bond donors (Lipinski definition) is 0. The van der Waals surface area contributed by atoms with E-state index in [1.807, 2.05) is 4.90 Å². The fourth-order valence-corrected chi connectivity index (χ4v) is 2.11. The van der Waals surface area contributed by atoms with E-state index in [0.29, 0.717) is 0 Å². The highest BCUT2D eigenvalue weighted by atomic mass is 32.1. The van der Waals surface area contributed by atoms with Gasteiger partial charge < -0.3 is 4.90 Å². The van der Waals surface area contributed by atoms with Crippen molar-refractivity contribution in [3.05, 3.63) is 21.6 Å². The lowest BCUT2D eigenvalue weighted by Gasteiger charge is -2.30. The Labute approximate surface area is 73.6 Å². The summed E-state index contributed by atoms with van der Waals surface area (Å²) in [5.41, 5.74) is 0.250. The van der Waals surface area contributed by atoms with Crippen LogP contribution < -0.4 is 4.90 Å². The summed E-state index contributed by atoms with van der Waals surface area (Å²) in [7, 11) is 0. The van der Waals surface area contributed by atoms with Crippen molar-refractivity contribution >= 4 is 22.0 Å². The minimum atomic E-state index is -0.315. The van der Waals surface area contributed by atoms with Gasteiger partial charge in [0.1, 0.15) is 0 Å². The molecule has 0 amide bonds. The lowest BCUT2D eigenvalue weighted by Crippen LogP contribution is -2.36. The lowest BCUT2D eigenvalue weighted by molar-refractivity contribution is -0.383. The number of nitro groups is 1.